The van der Waals surface area contributed by atoms with Gasteiger partial charge in [0.25, 0.3) is 0 Å². The van der Waals surface area contributed by atoms with E-state index in [0.29, 0.717) is 38.8 Å². The van der Waals surface area contributed by atoms with Crippen LogP contribution in [0.5, 0.6) is 0 Å². The molecule has 4 amide bonds. The second-order valence-corrected chi connectivity index (χ2v) is 10.7. The summed E-state index contributed by atoms with van der Waals surface area (Å²) in [5.41, 5.74) is 22.5. The minimum absolute atomic E-state index is 0.124. The van der Waals surface area contributed by atoms with Gasteiger partial charge in [0.15, 0.2) is 13.5 Å². The SMILES string of the molecule is C[C@H]([C@H](C)N1CC(=O)N(COC(=O)[C@@H](N)CCCCN)C(=O)C1)N1CC(=O)N(COC(=O)[C@@H](N)CCCCN)C(=O)C1. The maximum atomic E-state index is 12.7. The molecule has 0 aliphatic carbocycles. The third-order valence-electron chi connectivity index (χ3n) is 7.62. The Morgan fingerprint density at radius 1 is 0.643 bits per heavy atom. The maximum absolute atomic E-state index is 12.7. The fourth-order valence-electron chi connectivity index (χ4n) is 4.62. The van der Waals surface area contributed by atoms with Crippen molar-refractivity contribution in [1.82, 2.24) is 19.6 Å². The van der Waals surface area contributed by atoms with E-state index < -0.39 is 73.2 Å². The minimum Gasteiger partial charge on any atom is -0.443 e. The van der Waals surface area contributed by atoms with Gasteiger partial charge in [-0.25, -0.2) is 9.80 Å². The highest BCUT2D eigenvalue weighted by Crippen LogP contribution is 2.18. The summed E-state index contributed by atoms with van der Waals surface area (Å²) in [5, 5.41) is 0. The monoisotopic (exact) mass is 598 g/mol. The van der Waals surface area contributed by atoms with E-state index in [-0.39, 0.29) is 26.2 Å². The normalized spacial score (nSPS) is 20.0. The highest BCUT2D eigenvalue weighted by Gasteiger charge is 2.40. The number of carbonyl (C=O) groups excluding carboxylic acids is 6. The van der Waals surface area contributed by atoms with Crippen molar-refractivity contribution in [2.75, 3.05) is 52.7 Å². The standard InChI is InChI=1S/C26H46N8O8/c1-17(31-11-21(35)33(22(36)12-31)15-41-25(39)19(29)7-3-5-9-27)18(2)32-13-23(37)34(24(38)14-32)16-42-26(40)20(30)8-4-6-10-28/h17-20H,3-16,27-30H2,1-2H3/t17-,18+,19-,20-/m0/s1. The number of ether oxygens (including phenoxy) is 2. The number of nitrogens with zero attached hydrogens (tertiary/aromatic N) is 4. The fraction of sp³-hybridized carbons (Fsp3) is 0.769. The van der Waals surface area contributed by atoms with E-state index in [9.17, 15) is 28.8 Å². The van der Waals surface area contributed by atoms with Gasteiger partial charge in [-0.1, -0.05) is 12.8 Å². The lowest BCUT2D eigenvalue weighted by molar-refractivity contribution is -0.169. The summed E-state index contributed by atoms with van der Waals surface area (Å²) in [7, 11) is 0. The number of piperazine rings is 2. The summed E-state index contributed by atoms with van der Waals surface area (Å²) in [5.74, 6) is -3.59. The van der Waals surface area contributed by atoms with E-state index in [1.54, 1.807) is 23.6 Å². The molecule has 16 nitrogen and oxygen atoms in total. The van der Waals surface area contributed by atoms with Gasteiger partial charge in [-0.05, 0) is 52.6 Å². The molecule has 8 N–H and O–H groups in total. The Hall–Kier alpha value is -3.02. The van der Waals surface area contributed by atoms with Gasteiger partial charge in [0, 0.05) is 12.1 Å². The number of unbranched alkanes of at least 4 members (excludes halogenated alkanes) is 2. The molecule has 2 heterocycles. The molecule has 0 aromatic rings. The van der Waals surface area contributed by atoms with Crippen LogP contribution in [0.25, 0.3) is 0 Å². The Morgan fingerprint density at radius 3 is 1.24 bits per heavy atom. The van der Waals surface area contributed by atoms with Gasteiger partial charge < -0.3 is 32.4 Å². The van der Waals surface area contributed by atoms with E-state index in [4.69, 9.17) is 32.4 Å². The van der Waals surface area contributed by atoms with Gasteiger partial charge in [-0.2, -0.15) is 0 Å². The first-order chi connectivity index (χ1) is 19.9. The van der Waals surface area contributed by atoms with Gasteiger partial charge >= 0.3 is 11.9 Å². The molecule has 2 aliphatic heterocycles. The molecule has 42 heavy (non-hydrogen) atoms. The molecule has 0 aromatic heterocycles. The van der Waals surface area contributed by atoms with Crippen LogP contribution < -0.4 is 22.9 Å². The van der Waals surface area contributed by atoms with Crippen molar-refractivity contribution >= 4 is 35.6 Å². The predicted octanol–water partition coefficient (Wildman–Crippen LogP) is -2.98. The lowest BCUT2D eigenvalue weighted by atomic mass is 10.1. The van der Waals surface area contributed by atoms with Gasteiger partial charge in [0.05, 0.1) is 26.2 Å². The van der Waals surface area contributed by atoms with Crippen LogP contribution in [0.2, 0.25) is 0 Å². The first-order valence-electron chi connectivity index (χ1n) is 14.3. The maximum Gasteiger partial charge on any atom is 0.324 e. The third-order valence-corrected chi connectivity index (χ3v) is 7.62. The minimum atomic E-state index is -0.870. The molecular formula is C26H46N8O8. The average Bonchev–Trinajstić information content (AvgIpc) is 2.95. The van der Waals surface area contributed by atoms with Crippen molar-refractivity contribution < 1.29 is 38.2 Å². The highest BCUT2D eigenvalue weighted by atomic mass is 16.6. The largest absolute Gasteiger partial charge is 0.443 e. The van der Waals surface area contributed by atoms with E-state index in [1.807, 2.05) is 0 Å². The lowest BCUT2D eigenvalue weighted by Gasteiger charge is -2.43. The topological polar surface area (TPSA) is 238 Å². The van der Waals surface area contributed by atoms with Gasteiger partial charge in [0.2, 0.25) is 23.6 Å². The third kappa shape index (κ3) is 10.1. The van der Waals surface area contributed by atoms with Crippen molar-refractivity contribution in [3.05, 3.63) is 0 Å². The number of carbonyl (C=O) groups is 6. The molecule has 16 heteroatoms. The fourth-order valence-corrected chi connectivity index (χ4v) is 4.62. The summed E-state index contributed by atoms with van der Waals surface area (Å²) >= 11 is 0. The number of imide groups is 2. The summed E-state index contributed by atoms with van der Waals surface area (Å²) in [4.78, 5) is 80.3. The Labute approximate surface area is 245 Å². The van der Waals surface area contributed by atoms with E-state index >= 15 is 0 Å². The first-order valence-corrected chi connectivity index (χ1v) is 14.3. The lowest BCUT2D eigenvalue weighted by Crippen LogP contribution is -2.63. The Morgan fingerprint density at radius 2 is 0.952 bits per heavy atom. The quantitative estimate of drug-likeness (QED) is 0.0742. The van der Waals surface area contributed by atoms with Crippen LogP contribution in [-0.4, -0.2) is 132 Å². The van der Waals surface area contributed by atoms with E-state index in [1.165, 1.54) is 0 Å². The van der Waals surface area contributed by atoms with Gasteiger partial charge in [-0.15, -0.1) is 0 Å². The highest BCUT2D eigenvalue weighted by molar-refractivity contribution is 6.00. The summed E-state index contributed by atoms with van der Waals surface area (Å²) in [6.45, 7) is 3.01. The van der Waals surface area contributed by atoms with Crippen LogP contribution in [0.1, 0.15) is 52.4 Å². The van der Waals surface area contributed by atoms with Crippen molar-refractivity contribution in [2.24, 2.45) is 22.9 Å². The summed E-state index contributed by atoms with van der Waals surface area (Å²) in [6, 6.07) is -2.53. The number of amides is 4. The number of hydrogen-bond acceptors (Lipinski definition) is 14. The molecule has 2 fully saturated rings. The molecule has 0 spiro atoms. The zero-order chi connectivity index (χ0) is 31.4. The molecule has 0 aromatic carbocycles. The first kappa shape index (κ1) is 35.2. The molecule has 0 radical (unpaired) electrons. The predicted molar refractivity (Wildman–Crippen MR) is 149 cm³/mol. The summed E-state index contributed by atoms with van der Waals surface area (Å²) < 4.78 is 10.2. The molecule has 238 valence electrons. The molecule has 4 atom stereocenters. The summed E-state index contributed by atoms with van der Waals surface area (Å²) in [6.07, 6.45) is 3.52. The Kier molecular flexibility index (Phi) is 14.4. The zero-order valence-electron chi connectivity index (χ0n) is 24.6. The second-order valence-electron chi connectivity index (χ2n) is 10.7. The van der Waals surface area contributed by atoms with Crippen molar-refractivity contribution in [3.63, 3.8) is 0 Å². The molecule has 0 bridgehead atoms. The van der Waals surface area contributed by atoms with Crippen molar-refractivity contribution in [3.8, 4) is 0 Å². The van der Waals surface area contributed by atoms with Crippen LogP contribution in [0.15, 0.2) is 0 Å². The Balaban J connectivity index is 1.85. The molecule has 2 aliphatic rings. The van der Waals surface area contributed by atoms with E-state index in [0.717, 1.165) is 22.6 Å². The molecular weight excluding hydrogens is 552 g/mol. The smallest absolute Gasteiger partial charge is 0.324 e. The van der Waals surface area contributed by atoms with Crippen LogP contribution in [0.3, 0.4) is 0 Å². The van der Waals surface area contributed by atoms with Crippen LogP contribution in [-0.2, 0) is 38.2 Å². The number of rotatable bonds is 17. The van der Waals surface area contributed by atoms with Crippen LogP contribution in [0.4, 0.5) is 0 Å². The Bertz CT molecular complexity index is 870. The van der Waals surface area contributed by atoms with Crippen LogP contribution >= 0.6 is 0 Å². The second kappa shape index (κ2) is 17.2. The molecule has 2 saturated heterocycles. The van der Waals surface area contributed by atoms with Gasteiger partial charge in [0.1, 0.15) is 12.1 Å². The van der Waals surface area contributed by atoms with Crippen LogP contribution in [0, 0.1) is 0 Å². The molecule has 0 unspecified atom stereocenters. The van der Waals surface area contributed by atoms with Gasteiger partial charge in [-0.3, -0.25) is 38.6 Å². The molecule has 0 saturated carbocycles. The van der Waals surface area contributed by atoms with Crippen molar-refractivity contribution in [1.29, 1.82) is 0 Å². The van der Waals surface area contributed by atoms with E-state index in [2.05, 4.69) is 0 Å². The number of hydrogen-bond donors (Lipinski definition) is 4. The van der Waals surface area contributed by atoms with Crippen molar-refractivity contribution in [2.45, 2.75) is 76.5 Å². The zero-order valence-corrected chi connectivity index (χ0v) is 24.6. The number of esters is 2. The average molecular weight is 599 g/mol. The number of nitrogens with two attached hydrogens (primary N) is 4. The molecule has 2 rings (SSSR count).